The van der Waals surface area contributed by atoms with Gasteiger partial charge in [-0.25, -0.2) is 4.79 Å². The summed E-state index contributed by atoms with van der Waals surface area (Å²) in [6.45, 7) is 2.66. The molecule has 37 heavy (non-hydrogen) atoms. The summed E-state index contributed by atoms with van der Waals surface area (Å²) in [5, 5.41) is 0.853. The largest absolute Gasteiger partial charge is 0.493 e. The van der Waals surface area contributed by atoms with Gasteiger partial charge in [-0.2, -0.15) is 0 Å². The lowest BCUT2D eigenvalue weighted by atomic mass is 9.91. The Labute approximate surface area is 215 Å². The molecule has 7 nitrogen and oxygen atoms in total. The van der Waals surface area contributed by atoms with Gasteiger partial charge in [0.1, 0.15) is 17.9 Å². The minimum Gasteiger partial charge on any atom is -0.493 e. The molecule has 1 aliphatic heterocycles. The minimum absolute atomic E-state index is 0.0281. The number of carbonyl (C=O) groups is 1. The van der Waals surface area contributed by atoms with Crippen molar-refractivity contribution in [2.75, 3.05) is 27.4 Å². The van der Waals surface area contributed by atoms with Crippen molar-refractivity contribution in [1.29, 1.82) is 0 Å². The number of benzene rings is 3. The Morgan fingerprint density at radius 3 is 2.51 bits per heavy atom. The average molecular weight is 500 g/mol. The molecular formula is C30H29NO6. The normalized spacial score (nSPS) is 14.8. The second kappa shape index (κ2) is 10.4. The van der Waals surface area contributed by atoms with Gasteiger partial charge in [-0.05, 0) is 59.9 Å². The molecule has 0 saturated heterocycles. The molecule has 4 aromatic rings. The van der Waals surface area contributed by atoms with E-state index in [4.69, 9.17) is 18.6 Å². The summed E-state index contributed by atoms with van der Waals surface area (Å²) >= 11 is 0. The Kier molecular flexibility index (Phi) is 6.86. The van der Waals surface area contributed by atoms with Crippen LogP contribution in [0.5, 0.6) is 17.2 Å². The Bertz CT molecular complexity index is 1490. The zero-order chi connectivity index (χ0) is 25.9. The Morgan fingerprint density at radius 2 is 1.76 bits per heavy atom. The third-order valence-corrected chi connectivity index (χ3v) is 6.85. The number of hydrogen-bond acceptors (Lipinski definition) is 6. The minimum atomic E-state index is -0.401. The molecule has 0 aliphatic carbocycles. The lowest BCUT2D eigenvalue weighted by Gasteiger charge is -2.37. The van der Waals surface area contributed by atoms with Crippen LogP contribution in [0.1, 0.15) is 28.3 Å². The zero-order valence-electron chi connectivity index (χ0n) is 21.2. The van der Waals surface area contributed by atoms with Gasteiger partial charge in [0.15, 0.2) is 11.5 Å². The molecule has 0 unspecified atom stereocenters. The first kappa shape index (κ1) is 24.4. The van der Waals surface area contributed by atoms with Gasteiger partial charge < -0.3 is 23.5 Å². The first-order valence-corrected chi connectivity index (χ1v) is 12.2. The predicted octanol–water partition coefficient (Wildman–Crippen LogP) is 4.87. The van der Waals surface area contributed by atoms with Gasteiger partial charge in [-0.1, -0.05) is 30.3 Å². The molecule has 1 atom stereocenters. The third kappa shape index (κ3) is 5.03. The number of aryl methyl sites for hydroxylation is 1. The molecule has 0 radical (unpaired) electrons. The molecule has 0 fully saturated rings. The van der Waals surface area contributed by atoms with E-state index in [0.717, 1.165) is 27.6 Å². The predicted molar refractivity (Wildman–Crippen MR) is 141 cm³/mol. The summed E-state index contributed by atoms with van der Waals surface area (Å²) in [6, 6.07) is 20.2. The number of carbonyl (C=O) groups excluding carboxylic acids is 1. The maximum absolute atomic E-state index is 13.5. The number of fused-ring (bicyclic) bond motifs is 2. The highest BCUT2D eigenvalue weighted by Gasteiger charge is 2.33. The van der Waals surface area contributed by atoms with Crippen molar-refractivity contribution in [3.05, 3.63) is 99.4 Å². The van der Waals surface area contributed by atoms with Crippen LogP contribution in [0.3, 0.4) is 0 Å². The number of rotatable bonds is 7. The van der Waals surface area contributed by atoms with Crippen LogP contribution in [0.4, 0.5) is 0 Å². The van der Waals surface area contributed by atoms with Crippen molar-refractivity contribution >= 4 is 16.9 Å². The molecule has 2 heterocycles. The Hall–Kier alpha value is -4.26. The Balaban J connectivity index is 1.47. The maximum atomic E-state index is 13.5. The van der Waals surface area contributed by atoms with Gasteiger partial charge >= 0.3 is 5.63 Å². The highest BCUT2D eigenvalue weighted by Crippen LogP contribution is 2.39. The fourth-order valence-corrected chi connectivity index (χ4v) is 4.95. The van der Waals surface area contributed by atoms with Gasteiger partial charge in [-0.3, -0.25) is 4.79 Å². The molecule has 5 rings (SSSR count). The topological polar surface area (TPSA) is 78.2 Å². The summed E-state index contributed by atoms with van der Waals surface area (Å²) in [4.78, 5) is 27.2. The van der Waals surface area contributed by atoms with E-state index in [1.165, 1.54) is 6.07 Å². The van der Waals surface area contributed by atoms with Crippen molar-refractivity contribution in [2.45, 2.75) is 25.8 Å². The highest BCUT2D eigenvalue weighted by molar-refractivity contribution is 5.81. The molecule has 0 spiro atoms. The second-order valence-electron chi connectivity index (χ2n) is 9.14. The number of hydrogen-bond donors (Lipinski definition) is 0. The van der Waals surface area contributed by atoms with E-state index in [9.17, 15) is 9.59 Å². The van der Waals surface area contributed by atoms with Crippen LogP contribution >= 0.6 is 0 Å². The molecule has 0 N–H and O–H groups in total. The lowest BCUT2D eigenvalue weighted by molar-refractivity contribution is -0.134. The van der Waals surface area contributed by atoms with Crippen molar-refractivity contribution in [3.8, 4) is 17.2 Å². The molecular weight excluding hydrogens is 470 g/mol. The van der Waals surface area contributed by atoms with Crippen LogP contribution in [0.25, 0.3) is 11.0 Å². The molecule has 0 bridgehead atoms. The average Bonchev–Trinajstić information content (AvgIpc) is 2.90. The maximum Gasteiger partial charge on any atom is 0.336 e. The fraction of sp³-hybridized carbons (Fsp3) is 0.267. The van der Waals surface area contributed by atoms with Crippen LogP contribution in [-0.4, -0.2) is 38.2 Å². The van der Waals surface area contributed by atoms with Crippen LogP contribution in [0, 0.1) is 6.92 Å². The summed E-state index contributed by atoms with van der Waals surface area (Å²) in [5.41, 5.74) is 3.93. The molecule has 7 heteroatoms. The summed E-state index contributed by atoms with van der Waals surface area (Å²) in [5.74, 6) is 1.85. The molecule has 1 amide bonds. The van der Waals surface area contributed by atoms with E-state index in [2.05, 4.69) is 0 Å². The SMILES string of the molecule is COc1cc2c(cc1OC)[C@@H](COc1ccc3c(C)cc(=O)oc3c1)N(C(=O)Cc1ccccc1)CC2. The van der Waals surface area contributed by atoms with Gasteiger partial charge in [0.2, 0.25) is 5.91 Å². The van der Waals surface area contributed by atoms with E-state index in [1.54, 1.807) is 20.3 Å². The molecule has 1 aromatic heterocycles. The van der Waals surface area contributed by atoms with Crippen molar-refractivity contribution in [3.63, 3.8) is 0 Å². The standard InChI is InChI=1S/C30H29NO6/c1-19-13-30(33)37-26-16-22(9-10-23(19)26)36-18-25-24-17-28(35-3)27(34-2)15-21(24)11-12-31(25)29(32)14-20-7-5-4-6-8-20/h4-10,13,15-17,25H,11-12,14,18H2,1-3H3/t25-/m1/s1. The van der Waals surface area contributed by atoms with Gasteiger partial charge in [0, 0.05) is 24.1 Å². The summed E-state index contributed by atoms with van der Waals surface area (Å²) in [6.07, 6.45) is 1.01. The molecule has 190 valence electrons. The smallest absolute Gasteiger partial charge is 0.336 e. The van der Waals surface area contributed by atoms with Crippen LogP contribution in [-0.2, 0) is 17.6 Å². The van der Waals surface area contributed by atoms with Gasteiger partial charge in [0.05, 0.1) is 26.7 Å². The molecule has 0 saturated carbocycles. The van der Waals surface area contributed by atoms with Gasteiger partial charge in [0.25, 0.3) is 0 Å². The van der Waals surface area contributed by atoms with Crippen molar-refractivity contribution < 1.29 is 23.4 Å². The van der Waals surface area contributed by atoms with E-state index < -0.39 is 5.63 Å². The summed E-state index contributed by atoms with van der Waals surface area (Å²) < 4.78 is 22.7. The fourth-order valence-electron chi connectivity index (χ4n) is 4.95. The Morgan fingerprint density at radius 1 is 1.00 bits per heavy atom. The lowest BCUT2D eigenvalue weighted by Crippen LogP contribution is -2.43. The van der Waals surface area contributed by atoms with E-state index in [0.29, 0.717) is 42.2 Å². The van der Waals surface area contributed by atoms with E-state index in [-0.39, 0.29) is 18.6 Å². The van der Waals surface area contributed by atoms with Gasteiger partial charge in [-0.15, -0.1) is 0 Å². The number of ether oxygens (including phenoxy) is 3. The van der Waals surface area contributed by atoms with Crippen LogP contribution in [0.15, 0.2) is 75.9 Å². The number of nitrogens with zero attached hydrogens (tertiary/aromatic N) is 1. The van der Waals surface area contributed by atoms with Crippen LogP contribution in [0.2, 0.25) is 0 Å². The highest BCUT2D eigenvalue weighted by atomic mass is 16.5. The first-order valence-electron chi connectivity index (χ1n) is 12.2. The van der Waals surface area contributed by atoms with E-state index in [1.807, 2.05) is 66.4 Å². The first-order chi connectivity index (χ1) is 18.0. The number of amides is 1. The zero-order valence-corrected chi connectivity index (χ0v) is 21.2. The molecule has 3 aromatic carbocycles. The monoisotopic (exact) mass is 499 g/mol. The molecule has 1 aliphatic rings. The summed E-state index contributed by atoms with van der Waals surface area (Å²) in [7, 11) is 3.21. The van der Waals surface area contributed by atoms with Crippen molar-refractivity contribution in [1.82, 2.24) is 4.90 Å². The van der Waals surface area contributed by atoms with E-state index >= 15 is 0 Å². The quantitative estimate of drug-likeness (QED) is 0.338. The number of methoxy groups -OCH3 is 2. The second-order valence-corrected chi connectivity index (χ2v) is 9.14. The third-order valence-electron chi connectivity index (χ3n) is 6.85. The van der Waals surface area contributed by atoms with Crippen molar-refractivity contribution in [2.24, 2.45) is 0 Å². The van der Waals surface area contributed by atoms with Crippen LogP contribution < -0.4 is 19.8 Å².